The first-order chi connectivity index (χ1) is 16.0. The molecule has 0 fully saturated rings. The van der Waals surface area contributed by atoms with Gasteiger partial charge in [0.05, 0.1) is 19.8 Å². The Morgan fingerprint density at radius 3 is 2.52 bits per heavy atom. The second kappa shape index (κ2) is 9.75. The van der Waals surface area contributed by atoms with Gasteiger partial charge in [0, 0.05) is 10.6 Å². The van der Waals surface area contributed by atoms with Gasteiger partial charge in [-0.15, -0.1) is 0 Å². The van der Waals surface area contributed by atoms with Gasteiger partial charge in [0.1, 0.15) is 18.2 Å². The fourth-order valence-electron chi connectivity index (χ4n) is 3.19. The number of hydrogen-bond donors (Lipinski definition) is 0. The van der Waals surface area contributed by atoms with Gasteiger partial charge in [0.15, 0.2) is 17.2 Å². The number of esters is 1. The summed E-state index contributed by atoms with van der Waals surface area (Å²) in [5, 5.41) is 0.456. The van der Waals surface area contributed by atoms with Gasteiger partial charge >= 0.3 is 5.97 Å². The number of aliphatic imine (C=N–C) groups is 1. The van der Waals surface area contributed by atoms with Gasteiger partial charge in [-0.3, -0.25) is 0 Å². The lowest BCUT2D eigenvalue weighted by molar-refractivity contribution is -0.129. The highest BCUT2D eigenvalue weighted by molar-refractivity contribution is 6.31. The molecule has 168 valence electrons. The van der Waals surface area contributed by atoms with Crippen molar-refractivity contribution >= 4 is 29.5 Å². The van der Waals surface area contributed by atoms with Crippen LogP contribution in [0.2, 0.25) is 5.02 Å². The molecule has 0 bridgehead atoms. The summed E-state index contributed by atoms with van der Waals surface area (Å²) in [4.78, 5) is 16.7. The summed E-state index contributed by atoms with van der Waals surface area (Å²) in [7, 11) is 3.00. The Labute approximate surface area is 194 Å². The zero-order chi connectivity index (χ0) is 23.4. The van der Waals surface area contributed by atoms with E-state index < -0.39 is 5.97 Å². The number of rotatable bonds is 7. The minimum absolute atomic E-state index is 0.0465. The number of hydrogen-bond acceptors (Lipinski definition) is 6. The minimum atomic E-state index is -0.606. The molecule has 0 saturated carbocycles. The maximum atomic E-state index is 13.8. The topological polar surface area (TPSA) is 66.3 Å². The Morgan fingerprint density at radius 2 is 1.76 bits per heavy atom. The molecule has 4 rings (SSSR count). The summed E-state index contributed by atoms with van der Waals surface area (Å²) in [5.41, 5.74) is 1.64. The molecular weight excluding hydrogens is 449 g/mol. The molecule has 1 heterocycles. The Morgan fingerprint density at radius 1 is 1.00 bits per heavy atom. The first-order valence-corrected chi connectivity index (χ1v) is 10.3. The molecule has 0 radical (unpaired) electrons. The van der Waals surface area contributed by atoms with E-state index in [1.165, 1.54) is 20.3 Å². The van der Waals surface area contributed by atoms with Crippen molar-refractivity contribution in [3.8, 4) is 17.2 Å². The molecule has 6 nitrogen and oxygen atoms in total. The van der Waals surface area contributed by atoms with E-state index in [9.17, 15) is 9.18 Å². The first-order valence-electron chi connectivity index (χ1n) is 9.89. The molecule has 0 amide bonds. The number of cyclic esters (lactones) is 1. The average molecular weight is 468 g/mol. The molecular formula is C25H19ClFNO5. The monoisotopic (exact) mass is 467 g/mol. The van der Waals surface area contributed by atoms with Gasteiger partial charge in [-0.1, -0.05) is 35.9 Å². The van der Waals surface area contributed by atoms with E-state index in [1.807, 2.05) is 0 Å². The van der Waals surface area contributed by atoms with Crippen molar-refractivity contribution in [2.45, 2.75) is 6.61 Å². The van der Waals surface area contributed by atoms with Crippen molar-refractivity contribution in [1.82, 2.24) is 0 Å². The van der Waals surface area contributed by atoms with Crippen LogP contribution < -0.4 is 14.2 Å². The van der Waals surface area contributed by atoms with E-state index in [2.05, 4.69) is 4.99 Å². The van der Waals surface area contributed by atoms with Gasteiger partial charge in [0.25, 0.3) is 0 Å². The fourth-order valence-corrected chi connectivity index (χ4v) is 3.37. The summed E-state index contributed by atoms with van der Waals surface area (Å²) in [6, 6.07) is 16.4. The van der Waals surface area contributed by atoms with Crippen molar-refractivity contribution in [2.75, 3.05) is 14.2 Å². The van der Waals surface area contributed by atoms with Gasteiger partial charge in [-0.2, -0.15) is 0 Å². The van der Waals surface area contributed by atoms with Crippen LogP contribution in [0.3, 0.4) is 0 Å². The highest BCUT2D eigenvalue weighted by atomic mass is 35.5. The van der Waals surface area contributed by atoms with Gasteiger partial charge in [-0.05, 0) is 48.0 Å². The zero-order valence-electron chi connectivity index (χ0n) is 17.8. The summed E-state index contributed by atoms with van der Waals surface area (Å²) >= 11 is 6.06. The molecule has 0 saturated heterocycles. The van der Waals surface area contributed by atoms with Crippen LogP contribution in [-0.2, 0) is 16.1 Å². The quantitative estimate of drug-likeness (QED) is 0.343. The van der Waals surface area contributed by atoms with E-state index in [1.54, 1.807) is 60.7 Å². The summed E-state index contributed by atoms with van der Waals surface area (Å²) in [6.45, 7) is 0.0465. The molecule has 33 heavy (non-hydrogen) atoms. The fraction of sp³-hybridized carbons (Fsp3) is 0.120. The van der Waals surface area contributed by atoms with Gasteiger partial charge in [-0.25, -0.2) is 14.2 Å². The Hall–Kier alpha value is -3.84. The molecule has 8 heteroatoms. The standard InChI is InChI=1S/C25H19ClFNO5/c1-30-21-10-8-17(26)13-18(21)24-28-20(25(29)33-24)11-15-7-9-22(23(12-15)31-2)32-14-16-5-3-4-6-19(16)27/h3-13H,14H2,1-2H3/b20-11-. The molecule has 0 N–H and O–H groups in total. The normalized spacial score (nSPS) is 14.1. The Kier molecular flexibility index (Phi) is 6.60. The third kappa shape index (κ3) is 4.99. The molecule has 0 unspecified atom stereocenters. The van der Waals surface area contributed by atoms with E-state index in [0.29, 0.717) is 39.0 Å². The molecule has 0 aliphatic carbocycles. The van der Waals surface area contributed by atoms with Gasteiger partial charge in [0.2, 0.25) is 5.90 Å². The number of nitrogens with zero attached hydrogens (tertiary/aromatic N) is 1. The predicted octanol–water partition coefficient (Wildman–Crippen LogP) is 5.42. The van der Waals surface area contributed by atoms with Gasteiger partial charge < -0.3 is 18.9 Å². The second-order valence-electron chi connectivity index (χ2n) is 6.97. The lowest BCUT2D eigenvalue weighted by Gasteiger charge is -2.12. The van der Waals surface area contributed by atoms with E-state index in [-0.39, 0.29) is 24.0 Å². The van der Waals surface area contributed by atoms with Crippen LogP contribution in [0.5, 0.6) is 17.2 Å². The number of carbonyl (C=O) groups excluding carboxylic acids is 1. The van der Waals surface area contributed by atoms with Crippen LogP contribution in [0.15, 0.2) is 71.4 Å². The average Bonchev–Trinajstić information content (AvgIpc) is 3.18. The zero-order valence-corrected chi connectivity index (χ0v) is 18.6. The largest absolute Gasteiger partial charge is 0.496 e. The highest BCUT2D eigenvalue weighted by Gasteiger charge is 2.26. The molecule has 3 aromatic carbocycles. The van der Waals surface area contributed by atoms with Crippen molar-refractivity contribution in [1.29, 1.82) is 0 Å². The van der Waals surface area contributed by atoms with Crippen LogP contribution in [0.4, 0.5) is 4.39 Å². The van der Waals surface area contributed by atoms with E-state index in [0.717, 1.165) is 0 Å². The molecule has 3 aromatic rings. The molecule has 0 aromatic heterocycles. The molecule has 1 aliphatic heterocycles. The van der Waals surface area contributed by atoms with Crippen molar-refractivity contribution in [3.63, 3.8) is 0 Å². The van der Waals surface area contributed by atoms with E-state index in [4.69, 9.17) is 30.5 Å². The predicted molar refractivity (Wildman–Crippen MR) is 122 cm³/mol. The maximum Gasteiger partial charge on any atom is 0.363 e. The summed E-state index contributed by atoms with van der Waals surface area (Å²) in [5.74, 6) is 0.485. The third-order valence-electron chi connectivity index (χ3n) is 4.84. The molecule has 1 aliphatic rings. The van der Waals surface area contributed by atoms with Crippen LogP contribution >= 0.6 is 11.6 Å². The van der Waals surface area contributed by atoms with Crippen LogP contribution in [0, 0.1) is 5.82 Å². The number of ether oxygens (including phenoxy) is 4. The lowest BCUT2D eigenvalue weighted by Crippen LogP contribution is -2.07. The SMILES string of the molecule is COc1cc(/C=C2\N=C(c3cc(Cl)ccc3OC)OC2=O)ccc1OCc1ccccc1F. The highest BCUT2D eigenvalue weighted by Crippen LogP contribution is 2.31. The smallest absolute Gasteiger partial charge is 0.363 e. The summed E-state index contributed by atoms with van der Waals surface area (Å²) in [6.07, 6.45) is 1.57. The van der Waals surface area contributed by atoms with Crippen molar-refractivity contribution in [3.05, 3.63) is 93.9 Å². The number of halogens is 2. The number of benzene rings is 3. The van der Waals surface area contributed by atoms with Crippen molar-refractivity contribution in [2.24, 2.45) is 4.99 Å². The second-order valence-corrected chi connectivity index (χ2v) is 7.41. The Balaban J connectivity index is 1.58. The Bertz CT molecular complexity index is 1270. The number of carbonyl (C=O) groups is 1. The van der Waals surface area contributed by atoms with Crippen LogP contribution in [-0.4, -0.2) is 26.1 Å². The minimum Gasteiger partial charge on any atom is -0.496 e. The number of methoxy groups -OCH3 is 2. The lowest BCUT2D eigenvalue weighted by atomic mass is 10.1. The van der Waals surface area contributed by atoms with E-state index >= 15 is 0 Å². The maximum absolute atomic E-state index is 13.8. The molecule has 0 atom stereocenters. The first kappa shape index (κ1) is 22.4. The van der Waals surface area contributed by atoms with Crippen LogP contribution in [0.25, 0.3) is 6.08 Å². The third-order valence-corrected chi connectivity index (χ3v) is 5.08. The van der Waals surface area contributed by atoms with Crippen LogP contribution in [0.1, 0.15) is 16.7 Å². The summed E-state index contributed by atoms with van der Waals surface area (Å²) < 4.78 is 35.6. The molecule has 0 spiro atoms. The van der Waals surface area contributed by atoms with Crippen molar-refractivity contribution < 1.29 is 28.1 Å².